The molecule has 1 unspecified atom stereocenters. The molecule has 0 amide bonds. The van der Waals surface area contributed by atoms with Gasteiger partial charge in [0.25, 0.3) is 0 Å². The maximum atomic E-state index is 7.27. The first-order valence-electron chi connectivity index (χ1n) is 9.71. The third kappa shape index (κ3) is 2.70. The minimum absolute atomic E-state index is 0.0864. The fourth-order valence-corrected chi connectivity index (χ4v) is 8.15. The van der Waals surface area contributed by atoms with E-state index in [9.17, 15) is 0 Å². The van der Waals surface area contributed by atoms with E-state index in [0.29, 0.717) is 0 Å². The highest BCUT2D eigenvalue weighted by molar-refractivity contribution is 7.85. The molecule has 1 atom stereocenters. The Bertz CT molecular complexity index is 1030. The summed E-state index contributed by atoms with van der Waals surface area (Å²) in [7, 11) is -0.666. The standard InChI is InChI=1S/C25H22ClP/c26-27-18-6-5-17-25(27,23-15-7-11-19-9-1-3-13-21(19)23)24-16-8-12-20-10-2-4-14-22(20)24/h1-4,7-16H,5-6,17-18H2. The number of fused-ring (bicyclic) bond motifs is 2. The third-order valence-corrected chi connectivity index (χ3v) is 9.64. The van der Waals surface area contributed by atoms with Gasteiger partial charge in [0.15, 0.2) is 0 Å². The van der Waals surface area contributed by atoms with Crippen molar-refractivity contribution in [1.82, 2.24) is 0 Å². The van der Waals surface area contributed by atoms with Crippen LogP contribution in [0.15, 0.2) is 84.9 Å². The lowest BCUT2D eigenvalue weighted by molar-refractivity contribution is 0.583. The molecule has 4 aromatic rings. The Morgan fingerprint density at radius 2 is 1.15 bits per heavy atom. The second-order valence-corrected chi connectivity index (χ2v) is 10.6. The molecule has 0 aliphatic carbocycles. The van der Waals surface area contributed by atoms with Crippen LogP contribution in [0.4, 0.5) is 0 Å². The van der Waals surface area contributed by atoms with Crippen LogP contribution in [-0.4, -0.2) is 6.16 Å². The number of hydrogen-bond donors (Lipinski definition) is 0. The number of halogens is 1. The zero-order chi connectivity index (χ0) is 18.3. The van der Waals surface area contributed by atoms with E-state index in [-0.39, 0.29) is 5.16 Å². The Balaban J connectivity index is 1.88. The van der Waals surface area contributed by atoms with Crippen molar-refractivity contribution in [3.05, 3.63) is 96.1 Å². The van der Waals surface area contributed by atoms with E-state index >= 15 is 0 Å². The molecule has 134 valence electrons. The van der Waals surface area contributed by atoms with E-state index in [2.05, 4.69) is 84.9 Å². The van der Waals surface area contributed by atoms with Crippen molar-refractivity contribution < 1.29 is 0 Å². The number of rotatable bonds is 2. The van der Waals surface area contributed by atoms with Crippen LogP contribution in [0.25, 0.3) is 21.5 Å². The lowest BCUT2D eigenvalue weighted by Gasteiger charge is -2.43. The lowest BCUT2D eigenvalue weighted by atomic mass is 9.81. The first kappa shape index (κ1) is 17.2. The van der Waals surface area contributed by atoms with Crippen LogP contribution >= 0.6 is 18.5 Å². The van der Waals surface area contributed by atoms with Gasteiger partial charge < -0.3 is 0 Å². The van der Waals surface area contributed by atoms with E-state index in [1.165, 1.54) is 45.5 Å². The molecular weight excluding hydrogens is 367 g/mol. The van der Waals surface area contributed by atoms with E-state index in [0.717, 1.165) is 12.6 Å². The minimum atomic E-state index is -0.666. The second kappa shape index (κ2) is 6.93. The highest BCUT2D eigenvalue weighted by atomic mass is 35.7. The van der Waals surface area contributed by atoms with Gasteiger partial charge in [-0.25, -0.2) is 0 Å². The van der Waals surface area contributed by atoms with Gasteiger partial charge in [-0.2, -0.15) is 0 Å². The fraction of sp³-hybridized carbons (Fsp3) is 0.200. The van der Waals surface area contributed by atoms with Gasteiger partial charge in [-0.3, -0.25) is 0 Å². The minimum Gasteiger partial charge on any atom is -0.0951 e. The van der Waals surface area contributed by atoms with Gasteiger partial charge in [0.1, 0.15) is 0 Å². The summed E-state index contributed by atoms with van der Waals surface area (Å²) in [4.78, 5) is 0. The summed E-state index contributed by atoms with van der Waals surface area (Å²) in [5.74, 6) is 0. The van der Waals surface area contributed by atoms with Crippen molar-refractivity contribution in [2.24, 2.45) is 0 Å². The first-order valence-corrected chi connectivity index (χ1v) is 12.1. The van der Waals surface area contributed by atoms with Gasteiger partial charge in [0, 0.05) is 7.27 Å². The summed E-state index contributed by atoms with van der Waals surface area (Å²) in [5.41, 5.74) is 2.83. The van der Waals surface area contributed by atoms with E-state index in [4.69, 9.17) is 11.2 Å². The molecule has 0 aromatic heterocycles. The molecule has 0 N–H and O–H groups in total. The molecule has 1 heterocycles. The second-order valence-electron chi connectivity index (χ2n) is 7.46. The largest absolute Gasteiger partial charge is 0.0951 e. The van der Waals surface area contributed by atoms with Crippen molar-refractivity contribution in [2.75, 3.05) is 6.16 Å². The summed E-state index contributed by atoms with van der Waals surface area (Å²) in [6.07, 6.45) is 4.73. The lowest BCUT2D eigenvalue weighted by Crippen LogP contribution is -2.29. The van der Waals surface area contributed by atoms with Gasteiger partial charge in [-0.15, -0.1) is 0 Å². The number of benzene rings is 4. The van der Waals surface area contributed by atoms with Crippen molar-refractivity contribution in [3.8, 4) is 0 Å². The van der Waals surface area contributed by atoms with Crippen molar-refractivity contribution in [1.29, 1.82) is 0 Å². The molecule has 0 bridgehead atoms. The fourth-order valence-electron chi connectivity index (χ4n) is 4.79. The molecule has 4 aromatic carbocycles. The maximum absolute atomic E-state index is 7.27. The normalized spacial score (nSPS) is 19.4. The summed E-state index contributed by atoms with van der Waals surface area (Å²) < 4.78 is 0. The Morgan fingerprint density at radius 3 is 1.70 bits per heavy atom. The van der Waals surface area contributed by atoms with Gasteiger partial charge in [0.05, 0.1) is 5.16 Å². The van der Waals surface area contributed by atoms with Crippen LogP contribution in [0.2, 0.25) is 0 Å². The van der Waals surface area contributed by atoms with Crippen molar-refractivity contribution in [2.45, 2.75) is 24.4 Å². The van der Waals surface area contributed by atoms with Crippen LogP contribution in [0, 0.1) is 0 Å². The van der Waals surface area contributed by atoms with Gasteiger partial charge in [-0.1, -0.05) is 103 Å². The Hall–Kier alpha value is -1.88. The Morgan fingerprint density at radius 1 is 0.630 bits per heavy atom. The summed E-state index contributed by atoms with van der Waals surface area (Å²) in [6, 6.07) is 31.0. The van der Waals surface area contributed by atoms with Crippen LogP contribution in [0.1, 0.15) is 30.4 Å². The summed E-state index contributed by atoms with van der Waals surface area (Å²) in [5, 5.41) is 5.23. The molecule has 0 nitrogen and oxygen atoms in total. The van der Waals surface area contributed by atoms with Gasteiger partial charge in [-0.05, 0) is 51.7 Å². The van der Waals surface area contributed by atoms with Gasteiger partial charge >= 0.3 is 0 Å². The van der Waals surface area contributed by atoms with E-state index < -0.39 is 7.27 Å². The van der Waals surface area contributed by atoms with E-state index in [1.54, 1.807) is 0 Å². The third-order valence-electron chi connectivity index (χ3n) is 6.03. The summed E-state index contributed by atoms with van der Waals surface area (Å²) >= 11 is 7.27. The van der Waals surface area contributed by atoms with Crippen LogP contribution in [0.3, 0.4) is 0 Å². The molecule has 0 spiro atoms. The van der Waals surface area contributed by atoms with Crippen LogP contribution < -0.4 is 0 Å². The Labute approximate surface area is 166 Å². The molecule has 2 heteroatoms. The highest BCUT2D eigenvalue weighted by Crippen LogP contribution is 2.69. The van der Waals surface area contributed by atoms with Crippen molar-refractivity contribution >= 4 is 40.1 Å². The average Bonchev–Trinajstić information content (AvgIpc) is 2.74. The molecule has 5 rings (SSSR count). The zero-order valence-corrected chi connectivity index (χ0v) is 16.9. The Kier molecular flexibility index (Phi) is 4.43. The predicted molar refractivity (Wildman–Crippen MR) is 120 cm³/mol. The SMILES string of the molecule is ClP1CCCCC1(c1cccc2ccccc12)c1cccc2ccccc12. The van der Waals surface area contributed by atoms with Crippen molar-refractivity contribution in [3.63, 3.8) is 0 Å². The highest BCUT2D eigenvalue weighted by Gasteiger charge is 2.44. The molecule has 1 fully saturated rings. The monoisotopic (exact) mass is 388 g/mol. The van der Waals surface area contributed by atoms with Gasteiger partial charge in [0.2, 0.25) is 0 Å². The zero-order valence-electron chi connectivity index (χ0n) is 15.2. The molecule has 1 aliphatic rings. The first-order chi connectivity index (χ1) is 13.3. The molecule has 1 aliphatic heterocycles. The molecular formula is C25H22ClP. The molecule has 1 saturated heterocycles. The maximum Gasteiger partial charge on any atom is 0.0553 e. The quantitative estimate of drug-likeness (QED) is 0.304. The average molecular weight is 389 g/mol. The number of hydrogen-bond acceptors (Lipinski definition) is 0. The smallest absolute Gasteiger partial charge is 0.0553 e. The molecule has 0 radical (unpaired) electrons. The predicted octanol–water partition coefficient (Wildman–Crippen LogP) is 8.06. The van der Waals surface area contributed by atoms with Crippen LogP contribution in [0.5, 0.6) is 0 Å². The summed E-state index contributed by atoms with van der Waals surface area (Å²) in [6.45, 7) is 0. The molecule has 0 saturated carbocycles. The topological polar surface area (TPSA) is 0 Å². The molecule has 27 heavy (non-hydrogen) atoms. The van der Waals surface area contributed by atoms with Crippen LogP contribution in [-0.2, 0) is 5.16 Å². The van der Waals surface area contributed by atoms with E-state index in [1.807, 2.05) is 0 Å².